The van der Waals surface area contributed by atoms with E-state index in [-0.39, 0.29) is 29.7 Å². The third-order valence-corrected chi connectivity index (χ3v) is 5.64. The van der Waals surface area contributed by atoms with Crippen LogP contribution in [0.4, 0.5) is 0 Å². The van der Waals surface area contributed by atoms with Gasteiger partial charge in [0.2, 0.25) is 11.8 Å². The molecule has 24 heavy (non-hydrogen) atoms. The predicted octanol–water partition coefficient (Wildman–Crippen LogP) is 1.24. The summed E-state index contributed by atoms with van der Waals surface area (Å²) in [5, 5.41) is 6.26. The van der Waals surface area contributed by atoms with Gasteiger partial charge < -0.3 is 20.1 Å². The molecule has 3 atom stereocenters. The van der Waals surface area contributed by atoms with Crippen molar-refractivity contribution < 1.29 is 19.1 Å². The van der Waals surface area contributed by atoms with Gasteiger partial charge in [-0.1, -0.05) is 19.3 Å². The molecule has 0 aromatic rings. The standard InChI is InChI=1S/C18H30N2O4/c21-17(14-6-8-23-11-14)19-10-16(13-4-2-1-3-5-13)20-18(22)15-7-9-24-12-15/h13-16H,1-12H2,(H,19,21)(H,20,22)/t14-,15-,16+/m1/s1. The van der Waals surface area contributed by atoms with E-state index in [1.807, 2.05) is 0 Å². The lowest BCUT2D eigenvalue weighted by molar-refractivity contribution is -0.128. The van der Waals surface area contributed by atoms with Gasteiger partial charge in [0, 0.05) is 25.8 Å². The van der Waals surface area contributed by atoms with Crippen molar-refractivity contribution >= 4 is 11.8 Å². The first-order chi connectivity index (χ1) is 11.7. The Hall–Kier alpha value is -1.14. The Balaban J connectivity index is 1.54. The molecule has 3 aliphatic rings. The fraction of sp³-hybridized carbons (Fsp3) is 0.889. The van der Waals surface area contributed by atoms with Crippen LogP contribution in [-0.4, -0.2) is 50.8 Å². The van der Waals surface area contributed by atoms with E-state index >= 15 is 0 Å². The van der Waals surface area contributed by atoms with Crippen molar-refractivity contribution in [3.05, 3.63) is 0 Å². The molecule has 0 spiro atoms. The monoisotopic (exact) mass is 338 g/mol. The summed E-state index contributed by atoms with van der Waals surface area (Å²) in [5.74, 6) is 0.546. The van der Waals surface area contributed by atoms with Gasteiger partial charge in [-0.15, -0.1) is 0 Å². The molecular formula is C18H30N2O4. The number of ether oxygens (including phenoxy) is 2. The first-order valence-corrected chi connectivity index (χ1v) is 9.47. The lowest BCUT2D eigenvalue weighted by Gasteiger charge is -2.32. The highest BCUT2D eigenvalue weighted by molar-refractivity contribution is 5.80. The highest BCUT2D eigenvalue weighted by Gasteiger charge is 2.31. The van der Waals surface area contributed by atoms with Gasteiger partial charge in [0.15, 0.2) is 0 Å². The van der Waals surface area contributed by atoms with Gasteiger partial charge in [0.25, 0.3) is 0 Å². The van der Waals surface area contributed by atoms with E-state index in [0.29, 0.717) is 38.9 Å². The molecular weight excluding hydrogens is 308 g/mol. The largest absolute Gasteiger partial charge is 0.381 e. The van der Waals surface area contributed by atoms with Crippen LogP contribution in [0.5, 0.6) is 0 Å². The van der Waals surface area contributed by atoms with Gasteiger partial charge >= 0.3 is 0 Å². The van der Waals surface area contributed by atoms with Gasteiger partial charge in [0.1, 0.15) is 0 Å². The van der Waals surface area contributed by atoms with E-state index in [1.165, 1.54) is 19.3 Å². The quantitative estimate of drug-likeness (QED) is 0.764. The normalized spacial score (nSPS) is 29.3. The maximum Gasteiger partial charge on any atom is 0.225 e. The molecule has 3 rings (SSSR count). The maximum absolute atomic E-state index is 12.5. The molecule has 1 aliphatic carbocycles. The van der Waals surface area contributed by atoms with Gasteiger partial charge in [-0.25, -0.2) is 0 Å². The second-order valence-corrected chi connectivity index (χ2v) is 7.38. The molecule has 2 amide bonds. The first-order valence-electron chi connectivity index (χ1n) is 9.47. The predicted molar refractivity (Wildman–Crippen MR) is 89.4 cm³/mol. The summed E-state index contributed by atoms with van der Waals surface area (Å²) >= 11 is 0. The third kappa shape index (κ3) is 4.70. The second-order valence-electron chi connectivity index (χ2n) is 7.38. The second kappa shape index (κ2) is 8.81. The number of carbonyl (C=O) groups is 2. The van der Waals surface area contributed by atoms with Crippen LogP contribution in [0, 0.1) is 17.8 Å². The van der Waals surface area contributed by atoms with Crippen molar-refractivity contribution in [3.8, 4) is 0 Å². The van der Waals surface area contributed by atoms with Crippen LogP contribution in [0.1, 0.15) is 44.9 Å². The molecule has 0 radical (unpaired) electrons. The van der Waals surface area contributed by atoms with E-state index < -0.39 is 0 Å². The van der Waals surface area contributed by atoms with Crippen molar-refractivity contribution in [2.45, 2.75) is 51.0 Å². The van der Waals surface area contributed by atoms with Crippen LogP contribution in [0.2, 0.25) is 0 Å². The number of amides is 2. The van der Waals surface area contributed by atoms with Gasteiger partial charge in [-0.05, 0) is 31.6 Å². The SMILES string of the molecule is O=C(NC[C@H](NC(=O)[C@@H]1CCOC1)C1CCCCC1)[C@@H]1CCOC1. The Labute approximate surface area is 144 Å². The van der Waals surface area contributed by atoms with E-state index in [2.05, 4.69) is 10.6 Å². The van der Waals surface area contributed by atoms with Crippen molar-refractivity contribution in [3.63, 3.8) is 0 Å². The highest BCUT2D eigenvalue weighted by atomic mass is 16.5. The molecule has 3 fully saturated rings. The van der Waals surface area contributed by atoms with Crippen LogP contribution < -0.4 is 10.6 Å². The van der Waals surface area contributed by atoms with E-state index in [0.717, 1.165) is 25.7 Å². The Morgan fingerprint density at radius 3 is 2.08 bits per heavy atom. The van der Waals surface area contributed by atoms with Crippen LogP contribution in [0.3, 0.4) is 0 Å². The van der Waals surface area contributed by atoms with Crippen molar-refractivity contribution in [2.24, 2.45) is 17.8 Å². The van der Waals surface area contributed by atoms with Crippen LogP contribution in [-0.2, 0) is 19.1 Å². The molecule has 6 heteroatoms. The zero-order valence-corrected chi connectivity index (χ0v) is 14.4. The van der Waals surface area contributed by atoms with Crippen molar-refractivity contribution in [1.82, 2.24) is 10.6 Å². The Morgan fingerprint density at radius 2 is 1.50 bits per heavy atom. The maximum atomic E-state index is 12.5. The number of rotatable bonds is 6. The molecule has 2 N–H and O–H groups in total. The fourth-order valence-electron chi connectivity index (χ4n) is 4.01. The minimum Gasteiger partial charge on any atom is -0.381 e. The summed E-state index contributed by atoms with van der Waals surface area (Å²) in [6.07, 6.45) is 7.57. The molecule has 1 saturated carbocycles. The van der Waals surface area contributed by atoms with E-state index in [4.69, 9.17) is 9.47 Å². The zero-order valence-electron chi connectivity index (χ0n) is 14.4. The lowest BCUT2D eigenvalue weighted by atomic mass is 9.83. The number of hydrogen-bond acceptors (Lipinski definition) is 4. The van der Waals surface area contributed by atoms with Gasteiger partial charge in [-0.3, -0.25) is 9.59 Å². The van der Waals surface area contributed by atoms with Crippen molar-refractivity contribution in [2.75, 3.05) is 33.0 Å². The zero-order chi connectivity index (χ0) is 16.8. The fourth-order valence-corrected chi connectivity index (χ4v) is 4.01. The van der Waals surface area contributed by atoms with E-state index in [1.54, 1.807) is 0 Å². The highest BCUT2D eigenvalue weighted by Crippen LogP contribution is 2.27. The average Bonchev–Trinajstić information content (AvgIpc) is 3.32. The number of nitrogens with one attached hydrogen (secondary N) is 2. The minimum absolute atomic E-state index is 0.0315. The molecule has 0 aromatic carbocycles. The van der Waals surface area contributed by atoms with Crippen molar-refractivity contribution in [1.29, 1.82) is 0 Å². The molecule has 6 nitrogen and oxygen atoms in total. The molecule has 136 valence electrons. The van der Waals surface area contributed by atoms with Gasteiger partial charge in [-0.2, -0.15) is 0 Å². The van der Waals surface area contributed by atoms with Crippen LogP contribution >= 0.6 is 0 Å². The summed E-state index contributed by atoms with van der Waals surface area (Å²) in [7, 11) is 0. The molecule has 0 bridgehead atoms. The molecule has 0 aromatic heterocycles. The Morgan fingerprint density at radius 1 is 0.875 bits per heavy atom. The van der Waals surface area contributed by atoms with Crippen LogP contribution in [0.25, 0.3) is 0 Å². The molecule has 2 saturated heterocycles. The summed E-state index contributed by atoms with van der Waals surface area (Å²) in [6.45, 7) is 2.91. The Kier molecular flexibility index (Phi) is 6.49. The van der Waals surface area contributed by atoms with E-state index in [9.17, 15) is 9.59 Å². The third-order valence-electron chi connectivity index (χ3n) is 5.64. The summed E-state index contributed by atoms with van der Waals surface area (Å²) in [4.78, 5) is 24.7. The number of hydrogen-bond donors (Lipinski definition) is 2. The van der Waals surface area contributed by atoms with Gasteiger partial charge in [0.05, 0.1) is 25.0 Å². The summed E-state index contributed by atoms with van der Waals surface area (Å²) < 4.78 is 10.6. The smallest absolute Gasteiger partial charge is 0.225 e. The van der Waals surface area contributed by atoms with Crippen LogP contribution in [0.15, 0.2) is 0 Å². The number of carbonyl (C=O) groups excluding carboxylic acids is 2. The average molecular weight is 338 g/mol. The topological polar surface area (TPSA) is 76.7 Å². The minimum atomic E-state index is -0.0324. The summed E-state index contributed by atoms with van der Waals surface area (Å²) in [6, 6.07) is 0.0321. The lowest BCUT2D eigenvalue weighted by Crippen LogP contribution is -2.50. The first kappa shape index (κ1) is 17.7. The Bertz CT molecular complexity index is 425. The molecule has 0 unspecified atom stereocenters. The molecule has 2 heterocycles. The summed E-state index contributed by atoms with van der Waals surface area (Å²) in [5.41, 5.74) is 0. The molecule has 2 aliphatic heterocycles.